The van der Waals surface area contributed by atoms with Gasteiger partial charge in [0.05, 0.1) is 7.11 Å². The summed E-state index contributed by atoms with van der Waals surface area (Å²) in [5.41, 5.74) is 1.29. The maximum Gasteiger partial charge on any atom is 0.293 e. The van der Waals surface area contributed by atoms with Gasteiger partial charge < -0.3 is 29.3 Å². The van der Waals surface area contributed by atoms with Crippen LogP contribution in [0.5, 0.6) is 17.2 Å². The molecule has 0 spiro atoms. The maximum absolute atomic E-state index is 13.0. The second-order valence-corrected chi connectivity index (χ2v) is 7.34. The van der Waals surface area contributed by atoms with E-state index >= 15 is 0 Å². The van der Waals surface area contributed by atoms with E-state index < -0.39 is 17.9 Å². The predicted octanol–water partition coefficient (Wildman–Crippen LogP) is 4.47. The van der Waals surface area contributed by atoms with Crippen molar-refractivity contribution in [3.8, 4) is 17.2 Å². The van der Waals surface area contributed by atoms with E-state index in [4.69, 9.17) is 18.6 Å². The summed E-state index contributed by atoms with van der Waals surface area (Å²) >= 11 is 0. The number of hydrogen-bond acceptors (Lipinski definition) is 6. The number of carbonyl (C=O) groups excluding carboxylic acids is 2. The summed E-state index contributed by atoms with van der Waals surface area (Å²) in [6.07, 6.45) is -0.883. The Labute approximate surface area is 189 Å². The summed E-state index contributed by atoms with van der Waals surface area (Å²) in [7, 11) is 1.57. The number of hydrogen-bond donors (Lipinski definition) is 2. The maximum atomic E-state index is 13.0. The first-order valence-electron chi connectivity index (χ1n) is 10.3. The average molecular weight is 444 g/mol. The molecule has 8 nitrogen and oxygen atoms in total. The Balaban J connectivity index is 1.41. The Kier molecular flexibility index (Phi) is 5.32. The first-order chi connectivity index (χ1) is 16.1. The average Bonchev–Trinajstić information content (AvgIpc) is 3.22. The van der Waals surface area contributed by atoms with Gasteiger partial charge in [-0.15, -0.1) is 0 Å². The largest absolute Gasteiger partial charge is 0.497 e. The topological polar surface area (TPSA) is 99.0 Å². The zero-order valence-electron chi connectivity index (χ0n) is 17.7. The number of methoxy groups -OCH3 is 1. The molecular weight excluding hydrogens is 424 g/mol. The highest BCUT2D eigenvalue weighted by atomic mass is 16.6. The van der Waals surface area contributed by atoms with Gasteiger partial charge in [-0.25, -0.2) is 0 Å². The molecule has 4 aromatic rings. The van der Waals surface area contributed by atoms with E-state index in [1.54, 1.807) is 73.8 Å². The fraction of sp³-hybridized carbons (Fsp3) is 0.120. The molecule has 5 rings (SSSR count). The van der Waals surface area contributed by atoms with Gasteiger partial charge in [-0.2, -0.15) is 0 Å². The minimum atomic E-state index is -0.883. The van der Waals surface area contributed by atoms with Crippen LogP contribution in [-0.2, 0) is 4.79 Å². The third-order valence-corrected chi connectivity index (χ3v) is 5.20. The molecule has 0 saturated heterocycles. The summed E-state index contributed by atoms with van der Waals surface area (Å²) < 4.78 is 22.4. The van der Waals surface area contributed by atoms with Gasteiger partial charge in [0.2, 0.25) is 11.9 Å². The molecule has 2 heterocycles. The van der Waals surface area contributed by atoms with Gasteiger partial charge >= 0.3 is 0 Å². The molecule has 0 aliphatic carbocycles. The number of nitrogens with one attached hydrogen (secondary N) is 2. The number of rotatable bonds is 5. The van der Waals surface area contributed by atoms with Crippen LogP contribution in [0.4, 0.5) is 11.4 Å². The number of ether oxygens (including phenoxy) is 3. The lowest BCUT2D eigenvalue weighted by molar-refractivity contribution is -0.125. The number of amides is 2. The molecule has 1 aliphatic heterocycles. The van der Waals surface area contributed by atoms with Crippen LogP contribution in [0.1, 0.15) is 10.6 Å². The Morgan fingerprint density at radius 2 is 1.64 bits per heavy atom. The second kappa shape index (κ2) is 8.58. The fourth-order valence-corrected chi connectivity index (χ4v) is 3.54. The van der Waals surface area contributed by atoms with Crippen LogP contribution >= 0.6 is 0 Å². The first-order valence-corrected chi connectivity index (χ1v) is 10.3. The highest BCUT2D eigenvalue weighted by Gasteiger charge is 2.30. The summed E-state index contributed by atoms with van der Waals surface area (Å²) in [5, 5.41) is 6.18. The van der Waals surface area contributed by atoms with Gasteiger partial charge in [-0.05, 0) is 48.5 Å². The summed E-state index contributed by atoms with van der Waals surface area (Å²) in [5.74, 6) is 0.763. The Hall–Kier alpha value is -4.46. The van der Waals surface area contributed by atoms with Gasteiger partial charge in [-0.3, -0.25) is 9.59 Å². The van der Waals surface area contributed by atoms with Crippen molar-refractivity contribution < 1.29 is 28.2 Å². The molecule has 3 aromatic carbocycles. The van der Waals surface area contributed by atoms with E-state index in [-0.39, 0.29) is 18.1 Å². The van der Waals surface area contributed by atoms with E-state index in [2.05, 4.69) is 10.6 Å². The number of fused-ring (bicyclic) bond motifs is 2. The lowest BCUT2D eigenvalue weighted by Gasteiger charge is -2.25. The fourth-order valence-electron chi connectivity index (χ4n) is 3.54. The molecule has 0 bridgehead atoms. The number of anilines is 2. The Morgan fingerprint density at radius 1 is 0.909 bits per heavy atom. The summed E-state index contributed by atoms with van der Waals surface area (Å²) in [6, 6.07) is 21.1. The molecule has 33 heavy (non-hydrogen) atoms. The van der Waals surface area contributed by atoms with E-state index in [0.29, 0.717) is 33.9 Å². The molecule has 2 N–H and O–H groups in total. The van der Waals surface area contributed by atoms with Crippen molar-refractivity contribution in [2.24, 2.45) is 0 Å². The standard InChI is InChI=1S/C25H20N2O6/c1-30-16-12-10-15(11-13-16)26-25(29)23-22(17-6-2-3-7-18(17)33-23)27-24(28)21-14-31-19-8-4-5-9-20(19)32-21/h2-13,21H,14H2,1H3,(H,26,29)(H,27,28)/t21-/m0/s1. The normalized spacial score (nSPS) is 14.5. The molecular formula is C25H20N2O6. The summed E-state index contributed by atoms with van der Waals surface area (Å²) in [4.78, 5) is 26.1. The zero-order chi connectivity index (χ0) is 22.8. The van der Waals surface area contributed by atoms with Gasteiger partial charge in [-0.1, -0.05) is 24.3 Å². The van der Waals surface area contributed by atoms with Crippen molar-refractivity contribution >= 4 is 34.2 Å². The van der Waals surface area contributed by atoms with E-state index in [1.807, 2.05) is 6.07 Å². The lowest BCUT2D eigenvalue weighted by Crippen LogP contribution is -2.40. The van der Waals surface area contributed by atoms with Crippen LogP contribution in [0.25, 0.3) is 11.0 Å². The van der Waals surface area contributed by atoms with Crippen LogP contribution in [0.3, 0.4) is 0 Å². The molecule has 1 aliphatic rings. The van der Waals surface area contributed by atoms with Crippen LogP contribution in [0, 0.1) is 0 Å². The van der Waals surface area contributed by atoms with Crippen LogP contribution in [-0.4, -0.2) is 31.6 Å². The molecule has 0 saturated carbocycles. The molecule has 8 heteroatoms. The lowest BCUT2D eigenvalue weighted by atomic mass is 10.2. The van der Waals surface area contributed by atoms with E-state index in [9.17, 15) is 9.59 Å². The summed E-state index contributed by atoms with van der Waals surface area (Å²) in [6.45, 7) is 0.0476. The molecule has 0 radical (unpaired) electrons. The Morgan fingerprint density at radius 3 is 2.42 bits per heavy atom. The minimum absolute atomic E-state index is 0.0162. The number of para-hydroxylation sites is 3. The SMILES string of the molecule is COc1ccc(NC(=O)c2oc3ccccc3c2NC(=O)[C@@H]2COc3ccccc3O2)cc1. The van der Waals surface area contributed by atoms with Gasteiger partial charge in [0.25, 0.3) is 11.8 Å². The Bertz CT molecular complexity index is 1330. The van der Waals surface area contributed by atoms with Crippen LogP contribution in [0.2, 0.25) is 0 Å². The molecule has 2 amide bonds. The van der Waals surface area contributed by atoms with Gasteiger partial charge in [0.15, 0.2) is 11.5 Å². The molecule has 166 valence electrons. The van der Waals surface area contributed by atoms with Crippen molar-refractivity contribution in [2.75, 3.05) is 24.4 Å². The number of carbonyl (C=O) groups is 2. The van der Waals surface area contributed by atoms with Crippen LogP contribution < -0.4 is 24.8 Å². The van der Waals surface area contributed by atoms with Crippen molar-refractivity contribution in [1.29, 1.82) is 0 Å². The molecule has 1 aromatic heterocycles. The monoisotopic (exact) mass is 444 g/mol. The van der Waals surface area contributed by atoms with Crippen molar-refractivity contribution in [3.05, 3.63) is 78.6 Å². The first kappa shape index (κ1) is 20.4. The van der Waals surface area contributed by atoms with Crippen LogP contribution in [0.15, 0.2) is 77.2 Å². The van der Waals surface area contributed by atoms with Gasteiger partial charge in [0, 0.05) is 11.1 Å². The minimum Gasteiger partial charge on any atom is -0.497 e. The van der Waals surface area contributed by atoms with E-state index in [1.165, 1.54) is 0 Å². The second-order valence-electron chi connectivity index (χ2n) is 7.34. The number of furan rings is 1. The third-order valence-electron chi connectivity index (χ3n) is 5.20. The highest BCUT2D eigenvalue weighted by molar-refractivity contribution is 6.15. The van der Waals surface area contributed by atoms with Crippen molar-refractivity contribution in [2.45, 2.75) is 6.10 Å². The quantitative estimate of drug-likeness (QED) is 0.471. The van der Waals surface area contributed by atoms with Crippen molar-refractivity contribution in [1.82, 2.24) is 0 Å². The smallest absolute Gasteiger partial charge is 0.293 e. The van der Waals surface area contributed by atoms with Crippen molar-refractivity contribution in [3.63, 3.8) is 0 Å². The van der Waals surface area contributed by atoms with Gasteiger partial charge in [0.1, 0.15) is 23.6 Å². The van der Waals surface area contributed by atoms with E-state index in [0.717, 1.165) is 0 Å². The molecule has 0 unspecified atom stereocenters. The highest BCUT2D eigenvalue weighted by Crippen LogP contribution is 2.34. The molecule has 1 atom stereocenters. The predicted molar refractivity (Wildman–Crippen MR) is 122 cm³/mol. The number of benzene rings is 3. The zero-order valence-corrected chi connectivity index (χ0v) is 17.7. The molecule has 0 fully saturated rings. The third kappa shape index (κ3) is 4.06.